The van der Waals surface area contributed by atoms with E-state index in [0.717, 1.165) is 12.2 Å². The maximum absolute atomic E-state index is 12.4. The molecule has 0 aliphatic rings. The van der Waals surface area contributed by atoms with Crippen molar-refractivity contribution >= 4 is 0 Å². The highest BCUT2D eigenvalue weighted by Gasteiger charge is 1.96. The third-order valence-electron chi connectivity index (χ3n) is 1.69. The topological polar surface area (TPSA) is 17.8 Å². The molecule has 0 atom stereocenters. The molecule has 12 heavy (non-hydrogen) atoms. The SMILES string of the molecule is CCc1nccn1C/C=C(\C)F. The van der Waals surface area contributed by atoms with Gasteiger partial charge in [0.2, 0.25) is 0 Å². The minimum Gasteiger partial charge on any atom is -0.331 e. The average Bonchev–Trinajstić information content (AvgIpc) is 2.47. The van der Waals surface area contributed by atoms with Crippen LogP contribution in [0.15, 0.2) is 24.3 Å². The molecule has 0 N–H and O–H groups in total. The summed E-state index contributed by atoms with van der Waals surface area (Å²) in [6, 6.07) is 0. The fourth-order valence-corrected chi connectivity index (χ4v) is 1.04. The van der Waals surface area contributed by atoms with Gasteiger partial charge in [-0.05, 0) is 13.0 Å². The smallest absolute Gasteiger partial charge is 0.108 e. The molecule has 0 bridgehead atoms. The van der Waals surface area contributed by atoms with E-state index in [1.54, 1.807) is 12.3 Å². The van der Waals surface area contributed by atoms with Crippen LogP contribution >= 0.6 is 0 Å². The first-order valence-corrected chi connectivity index (χ1v) is 4.06. The maximum atomic E-state index is 12.4. The van der Waals surface area contributed by atoms with Crippen LogP contribution < -0.4 is 0 Å². The minimum atomic E-state index is -0.147. The van der Waals surface area contributed by atoms with E-state index in [9.17, 15) is 4.39 Å². The summed E-state index contributed by atoms with van der Waals surface area (Å²) in [5, 5.41) is 0. The molecular formula is C9H13FN2. The molecule has 0 unspecified atom stereocenters. The standard InChI is InChI=1S/C9H13FN2/c1-3-9-11-5-7-12(9)6-4-8(2)10/h4-5,7H,3,6H2,1-2H3/b8-4+. The molecular weight excluding hydrogens is 155 g/mol. The van der Waals surface area contributed by atoms with E-state index >= 15 is 0 Å². The van der Waals surface area contributed by atoms with Gasteiger partial charge in [-0.2, -0.15) is 0 Å². The second-order valence-electron chi connectivity index (χ2n) is 2.64. The van der Waals surface area contributed by atoms with Crippen LogP contribution in [0.5, 0.6) is 0 Å². The van der Waals surface area contributed by atoms with Crippen molar-refractivity contribution in [1.29, 1.82) is 0 Å². The number of halogens is 1. The molecule has 0 spiro atoms. The van der Waals surface area contributed by atoms with Crippen LogP contribution in [0.4, 0.5) is 4.39 Å². The van der Waals surface area contributed by atoms with Crippen molar-refractivity contribution < 1.29 is 4.39 Å². The summed E-state index contributed by atoms with van der Waals surface area (Å²) in [6.07, 6.45) is 6.02. The highest BCUT2D eigenvalue weighted by molar-refractivity contribution is 4.96. The van der Waals surface area contributed by atoms with Gasteiger partial charge < -0.3 is 4.57 Å². The van der Waals surface area contributed by atoms with E-state index in [1.807, 2.05) is 17.7 Å². The first-order chi connectivity index (χ1) is 5.74. The van der Waals surface area contributed by atoms with Crippen molar-refractivity contribution in [2.45, 2.75) is 26.8 Å². The van der Waals surface area contributed by atoms with Gasteiger partial charge in [-0.25, -0.2) is 9.37 Å². The van der Waals surface area contributed by atoms with Crippen molar-refractivity contribution in [3.05, 3.63) is 30.1 Å². The third-order valence-corrected chi connectivity index (χ3v) is 1.69. The number of nitrogens with zero attached hydrogens (tertiary/aromatic N) is 2. The zero-order chi connectivity index (χ0) is 8.97. The molecule has 0 aliphatic heterocycles. The third kappa shape index (κ3) is 2.19. The summed E-state index contributed by atoms with van der Waals surface area (Å²) in [6.45, 7) is 4.05. The Kier molecular flexibility index (Phi) is 3.02. The Morgan fingerprint density at radius 1 is 1.75 bits per heavy atom. The lowest BCUT2D eigenvalue weighted by atomic mass is 10.4. The zero-order valence-electron chi connectivity index (χ0n) is 7.42. The van der Waals surface area contributed by atoms with E-state index in [4.69, 9.17) is 0 Å². The molecule has 0 radical (unpaired) electrons. The molecule has 0 aromatic carbocycles. The van der Waals surface area contributed by atoms with Crippen molar-refractivity contribution in [2.24, 2.45) is 0 Å². The summed E-state index contributed by atoms with van der Waals surface area (Å²) in [5.74, 6) is 0.846. The Balaban J connectivity index is 2.68. The molecule has 66 valence electrons. The van der Waals surface area contributed by atoms with E-state index in [-0.39, 0.29) is 5.83 Å². The number of allylic oxidation sites excluding steroid dienone is 2. The number of rotatable bonds is 3. The van der Waals surface area contributed by atoms with Crippen LogP contribution in [0.25, 0.3) is 0 Å². The predicted molar refractivity (Wildman–Crippen MR) is 46.5 cm³/mol. The van der Waals surface area contributed by atoms with Crippen LogP contribution in [0, 0.1) is 0 Å². The van der Waals surface area contributed by atoms with Gasteiger partial charge in [-0.3, -0.25) is 0 Å². The Bertz CT molecular complexity index is 272. The fourth-order valence-electron chi connectivity index (χ4n) is 1.04. The Labute approximate surface area is 71.7 Å². The zero-order valence-corrected chi connectivity index (χ0v) is 7.42. The molecule has 0 saturated heterocycles. The van der Waals surface area contributed by atoms with Crippen LogP contribution in [-0.4, -0.2) is 9.55 Å². The summed E-state index contributed by atoms with van der Waals surface area (Å²) < 4.78 is 14.3. The lowest BCUT2D eigenvalue weighted by Gasteiger charge is -2.01. The molecule has 3 heteroatoms. The van der Waals surface area contributed by atoms with Gasteiger partial charge in [0.05, 0.1) is 5.83 Å². The second kappa shape index (κ2) is 4.04. The van der Waals surface area contributed by atoms with E-state index in [0.29, 0.717) is 6.54 Å². The molecule has 1 heterocycles. The highest BCUT2D eigenvalue weighted by Crippen LogP contribution is 2.01. The van der Waals surface area contributed by atoms with Crippen molar-refractivity contribution in [2.75, 3.05) is 0 Å². The Hall–Kier alpha value is -1.12. The summed E-state index contributed by atoms with van der Waals surface area (Å²) >= 11 is 0. The van der Waals surface area contributed by atoms with Crippen molar-refractivity contribution in [3.8, 4) is 0 Å². The van der Waals surface area contributed by atoms with E-state index in [1.165, 1.54) is 6.92 Å². The molecule has 0 aliphatic carbocycles. The van der Waals surface area contributed by atoms with Gasteiger partial charge in [0, 0.05) is 25.4 Å². The fraction of sp³-hybridized carbons (Fsp3) is 0.444. The van der Waals surface area contributed by atoms with Crippen molar-refractivity contribution in [3.63, 3.8) is 0 Å². The molecule has 2 nitrogen and oxygen atoms in total. The predicted octanol–water partition coefficient (Wildman–Crippen LogP) is 2.32. The van der Waals surface area contributed by atoms with Crippen LogP contribution in [0.2, 0.25) is 0 Å². The van der Waals surface area contributed by atoms with Crippen LogP contribution in [0.3, 0.4) is 0 Å². The van der Waals surface area contributed by atoms with Gasteiger partial charge >= 0.3 is 0 Å². The number of hydrogen-bond acceptors (Lipinski definition) is 1. The monoisotopic (exact) mass is 168 g/mol. The molecule has 1 rings (SSSR count). The summed E-state index contributed by atoms with van der Waals surface area (Å²) in [7, 11) is 0. The quantitative estimate of drug-likeness (QED) is 0.677. The average molecular weight is 168 g/mol. The maximum Gasteiger partial charge on any atom is 0.108 e. The highest BCUT2D eigenvalue weighted by atomic mass is 19.1. The van der Waals surface area contributed by atoms with E-state index < -0.39 is 0 Å². The van der Waals surface area contributed by atoms with Gasteiger partial charge in [0.15, 0.2) is 0 Å². The van der Waals surface area contributed by atoms with Gasteiger partial charge in [-0.15, -0.1) is 0 Å². The second-order valence-corrected chi connectivity index (χ2v) is 2.64. The molecule has 0 fully saturated rings. The van der Waals surface area contributed by atoms with E-state index in [2.05, 4.69) is 4.98 Å². The molecule has 0 amide bonds. The van der Waals surface area contributed by atoms with Crippen LogP contribution in [-0.2, 0) is 13.0 Å². The van der Waals surface area contributed by atoms with Gasteiger partial charge in [0.25, 0.3) is 0 Å². The first kappa shape index (κ1) is 8.97. The summed E-state index contributed by atoms with van der Waals surface area (Å²) in [4.78, 5) is 4.12. The Morgan fingerprint density at radius 2 is 2.50 bits per heavy atom. The minimum absolute atomic E-state index is 0.147. The normalized spacial score (nSPS) is 12.1. The molecule has 1 aromatic heterocycles. The summed E-state index contributed by atoms with van der Waals surface area (Å²) in [5.41, 5.74) is 0. The lowest BCUT2D eigenvalue weighted by molar-refractivity contribution is 0.623. The van der Waals surface area contributed by atoms with Crippen LogP contribution in [0.1, 0.15) is 19.7 Å². The van der Waals surface area contributed by atoms with Gasteiger partial charge in [0.1, 0.15) is 5.82 Å². The number of imidazole rings is 1. The number of aromatic nitrogens is 2. The van der Waals surface area contributed by atoms with Crippen molar-refractivity contribution in [1.82, 2.24) is 9.55 Å². The Morgan fingerprint density at radius 3 is 3.08 bits per heavy atom. The number of hydrogen-bond donors (Lipinski definition) is 0. The molecule has 1 aromatic rings. The van der Waals surface area contributed by atoms with Gasteiger partial charge in [-0.1, -0.05) is 6.92 Å². The lowest BCUT2D eigenvalue weighted by Crippen LogP contribution is -1.99. The number of aryl methyl sites for hydroxylation is 1. The first-order valence-electron chi connectivity index (χ1n) is 4.06. The molecule has 0 saturated carbocycles. The largest absolute Gasteiger partial charge is 0.331 e.